The fourth-order valence-corrected chi connectivity index (χ4v) is 6.75. The molecule has 0 aliphatic rings. The fraction of sp³-hybridized carbons (Fsp3) is 0.935. The van der Waals surface area contributed by atoms with Crippen molar-refractivity contribution in [3.63, 3.8) is 0 Å². The molecule has 0 aromatic heterocycles. The highest BCUT2D eigenvalue weighted by atomic mass is 16.6. The molecule has 0 aliphatic heterocycles. The Hall–Kier alpha value is -1.59. The molecule has 6 heteroatoms. The molecule has 0 amide bonds. The summed E-state index contributed by atoms with van der Waals surface area (Å²) in [6.45, 7) is 11.3. The van der Waals surface area contributed by atoms with Crippen molar-refractivity contribution in [1.29, 1.82) is 0 Å². The Morgan fingerprint density at radius 3 is 0.942 bits per heavy atom. The van der Waals surface area contributed by atoms with Gasteiger partial charge in [-0.1, -0.05) is 208 Å². The summed E-state index contributed by atoms with van der Waals surface area (Å²) in [6, 6.07) is 0. The first-order valence-corrected chi connectivity index (χ1v) is 22.7. The third-order valence-electron chi connectivity index (χ3n) is 10.2. The highest BCUT2D eigenvalue weighted by molar-refractivity contribution is 5.71. The number of hydrogen-bond donors (Lipinski definition) is 0. The standard InChI is InChI=1S/C46H88O6/c1-6-7-8-9-10-14-21-26-31-36-44(47)50-39-43(40-51-45(48)37-32-27-22-18-17-20-25-30-35-42(4)5)52-46(49)38-33-28-23-16-13-11-12-15-19-24-29-34-41(2)3/h41-43H,6-40H2,1-5H3/t43-/m0/s1. The van der Waals surface area contributed by atoms with E-state index in [-0.39, 0.29) is 31.1 Å². The van der Waals surface area contributed by atoms with Gasteiger partial charge in [-0.05, 0) is 31.1 Å². The second kappa shape index (κ2) is 39.1. The van der Waals surface area contributed by atoms with Gasteiger partial charge in [0.25, 0.3) is 0 Å². The van der Waals surface area contributed by atoms with E-state index in [2.05, 4.69) is 34.6 Å². The number of carbonyl (C=O) groups is 3. The topological polar surface area (TPSA) is 78.9 Å². The van der Waals surface area contributed by atoms with Gasteiger partial charge in [-0.25, -0.2) is 0 Å². The molecule has 0 spiro atoms. The van der Waals surface area contributed by atoms with E-state index in [0.717, 1.165) is 69.6 Å². The Morgan fingerprint density at radius 1 is 0.365 bits per heavy atom. The summed E-state index contributed by atoms with van der Waals surface area (Å²) in [5.74, 6) is 0.760. The van der Waals surface area contributed by atoms with E-state index in [9.17, 15) is 14.4 Å². The molecule has 0 aromatic rings. The van der Waals surface area contributed by atoms with Crippen molar-refractivity contribution in [3.05, 3.63) is 0 Å². The quantitative estimate of drug-likeness (QED) is 0.0354. The van der Waals surface area contributed by atoms with E-state index in [4.69, 9.17) is 14.2 Å². The zero-order valence-electron chi connectivity index (χ0n) is 35.4. The number of unbranched alkanes of at least 4 members (excludes halogenated alkanes) is 25. The molecule has 0 unspecified atom stereocenters. The molecule has 308 valence electrons. The minimum Gasteiger partial charge on any atom is -0.462 e. The van der Waals surface area contributed by atoms with Gasteiger partial charge < -0.3 is 14.2 Å². The molecule has 0 radical (unpaired) electrons. The SMILES string of the molecule is CCCCCCCCCCCC(=O)OC[C@@H](COC(=O)CCCCCCCCCCC(C)C)OC(=O)CCCCCCCCCCCCCC(C)C. The van der Waals surface area contributed by atoms with Gasteiger partial charge >= 0.3 is 17.9 Å². The van der Waals surface area contributed by atoms with E-state index in [1.807, 2.05) is 0 Å². The van der Waals surface area contributed by atoms with E-state index in [1.54, 1.807) is 0 Å². The molecular weight excluding hydrogens is 649 g/mol. The van der Waals surface area contributed by atoms with Gasteiger partial charge in [0.15, 0.2) is 6.10 Å². The first kappa shape index (κ1) is 50.4. The van der Waals surface area contributed by atoms with Crippen LogP contribution < -0.4 is 0 Å². The Morgan fingerprint density at radius 2 is 0.635 bits per heavy atom. The molecule has 52 heavy (non-hydrogen) atoms. The Bertz CT molecular complexity index is 794. The molecule has 0 saturated carbocycles. The predicted octanol–water partition coefficient (Wildman–Crippen LogP) is 14.2. The average molecular weight is 737 g/mol. The average Bonchev–Trinajstić information content (AvgIpc) is 3.11. The molecule has 0 fully saturated rings. The summed E-state index contributed by atoms with van der Waals surface area (Å²) in [7, 11) is 0. The van der Waals surface area contributed by atoms with E-state index in [0.29, 0.717) is 19.3 Å². The van der Waals surface area contributed by atoms with Crippen molar-refractivity contribution in [2.75, 3.05) is 13.2 Å². The first-order chi connectivity index (χ1) is 25.2. The Balaban J connectivity index is 4.32. The van der Waals surface area contributed by atoms with Gasteiger partial charge in [0, 0.05) is 19.3 Å². The van der Waals surface area contributed by atoms with Crippen molar-refractivity contribution in [2.45, 2.75) is 253 Å². The lowest BCUT2D eigenvalue weighted by Gasteiger charge is -2.18. The minimum absolute atomic E-state index is 0.0653. The lowest BCUT2D eigenvalue weighted by Crippen LogP contribution is -2.30. The predicted molar refractivity (Wildman–Crippen MR) is 220 cm³/mol. The van der Waals surface area contributed by atoms with E-state index in [1.165, 1.54) is 135 Å². The lowest BCUT2D eigenvalue weighted by molar-refractivity contribution is -0.167. The van der Waals surface area contributed by atoms with Crippen LogP contribution in [0.3, 0.4) is 0 Å². The van der Waals surface area contributed by atoms with E-state index >= 15 is 0 Å². The summed E-state index contributed by atoms with van der Waals surface area (Å²) in [6.07, 6.45) is 36.6. The Kier molecular flexibility index (Phi) is 37.9. The highest BCUT2D eigenvalue weighted by Crippen LogP contribution is 2.16. The number of rotatable bonds is 40. The van der Waals surface area contributed by atoms with Crippen LogP contribution in [0.25, 0.3) is 0 Å². The molecule has 1 atom stereocenters. The summed E-state index contributed by atoms with van der Waals surface area (Å²) in [5, 5.41) is 0. The summed E-state index contributed by atoms with van der Waals surface area (Å²) in [4.78, 5) is 37.6. The van der Waals surface area contributed by atoms with Gasteiger partial charge in [0.1, 0.15) is 13.2 Å². The van der Waals surface area contributed by atoms with Crippen LogP contribution in [-0.4, -0.2) is 37.2 Å². The third kappa shape index (κ3) is 39.6. The number of ether oxygens (including phenoxy) is 3. The highest BCUT2D eigenvalue weighted by Gasteiger charge is 2.19. The molecule has 0 saturated heterocycles. The molecular formula is C46H88O6. The molecule has 0 aliphatic carbocycles. The van der Waals surface area contributed by atoms with Crippen molar-refractivity contribution in [1.82, 2.24) is 0 Å². The van der Waals surface area contributed by atoms with Crippen LogP contribution in [0.2, 0.25) is 0 Å². The van der Waals surface area contributed by atoms with Crippen LogP contribution in [0.15, 0.2) is 0 Å². The Labute approximate surface area is 323 Å². The van der Waals surface area contributed by atoms with Crippen molar-refractivity contribution >= 4 is 17.9 Å². The second-order valence-corrected chi connectivity index (χ2v) is 16.6. The first-order valence-electron chi connectivity index (χ1n) is 22.7. The maximum Gasteiger partial charge on any atom is 0.306 e. The third-order valence-corrected chi connectivity index (χ3v) is 10.2. The van der Waals surface area contributed by atoms with Crippen LogP contribution in [0.4, 0.5) is 0 Å². The lowest BCUT2D eigenvalue weighted by atomic mass is 10.0. The van der Waals surface area contributed by atoms with Gasteiger partial charge in [-0.2, -0.15) is 0 Å². The van der Waals surface area contributed by atoms with Gasteiger partial charge in [0.05, 0.1) is 0 Å². The van der Waals surface area contributed by atoms with Crippen LogP contribution in [0, 0.1) is 11.8 Å². The van der Waals surface area contributed by atoms with Gasteiger partial charge in [0.2, 0.25) is 0 Å². The molecule has 0 N–H and O–H groups in total. The normalized spacial score (nSPS) is 12.1. The maximum absolute atomic E-state index is 12.7. The zero-order chi connectivity index (χ0) is 38.3. The van der Waals surface area contributed by atoms with Crippen LogP contribution in [-0.2, 0) is 28.6 Å². The smallest absolute Gasteiger partial charge is 0.306 e. The molecule has 0 bridgehead atoms. The van der Waals surface area contributed by atoms with Crippen LogP contribution in [0.5, 0.6) is 0 Å². The van der Waals surface area contributed by atoms with Crippen molar-refractivity contribution in [2.24, 2.45) is 11.8 Å². The second-order valence-electron chi connectivity index (χ2n) is 16.6. The van der Waals surface area contributed by atoms with Crippen molar-refractivity contribution in [3.8, 4) is 0 Å². The maximum atomic E-state index is 12.7. The summed E-state index contributed by atoms with van der Waals surface area (Å²) >= 11 is 0. The van der Waals surface area contributed by atoms with Crippen LogP contribution in [0.1, 0.15) is 247 Å². The van der Waals surface area contributed by atoms with Gasteiger partial charge in [-0.15, -0.1) is 0 Å². The van der Waals surface area contributed by atoms with E-state index < -0.39 is 6.10 Å². The van der Waals surface area contributed by atoms with Crippen molar-refractivity contribution < 1.29 is 28.6 Å². The zero-order valence-corrected chi connectivity index (χ0v) is 35.4. The van der Waals surface area contributed by atoms with Gasteiger partial charge in [-0.3, -0.25) is 14.4 Å². The monoisotopic (exact) mass is 737 g/mol. The molecule has 0 rings (SSSR count). The van der Waals surface area contributed by atoms with Crippen LogP contribution >= 0.6 is 0 Å². The fourth-order valence-electron chi connectivity index (χ4n) is 6.75. The minimum atomic E-state index is -0.760. The molecule has 0 heterocycles. The number of carbonyl (C=O) groups excluding carboxylic acids is 3. The summed E-state index contributed by atoms with van der Waals surface area (Å²) < 4.78 is 16.7. The summed E-state index contributed by atoms with van der Waals surface area (Å²) in [5.41, 5.74) is 0. The molecule has 6 nitrogen and oxygen atoms in total. The number of esters is 3. The number of hydrogen-bond acceptors (Lipinski definition) is 6. The largest absolute Gasteiger partial charge is 0.462 e. The molecule has 0 aromatic carbocycles.